The molecule has 0 aliphatic rings. The zero-order valence-corrected chi connectivity index (χ0v) is 10.3. The minimum atomic E-state index is 0.00152. The highest BCUT2D eigenvalue weighted by Crippen LogP contribution is 2.15. The second-order valence-electron chi connectivity index (χ2n) is 3.98. The van der Waals surface area contributed by atoms with Crippen molar-refractivity contribution < 1.29 is 4.79 Å². The molecular formula is C15H14N2O. The van der Waals surface area contributed by atoms with Gasteiger partial charge in [-0.1, -0.05) is 30.3 Å². The Bertz CT molecular complexity index is 591. The summed E-state index contributed by atoms with van der Waals surface area (Å²) < 4.78 is 1.90. The number of nitriles is 1. The summed E-state index contributed by atoms with van der Waals surface area (Å²) in [5, 5.41) is 8.76. The maximum Gasteiger partial charge on any atom is 0.209 e. The molecule has 2 aromatic rings. The number of aromatic nitrogens is 1. The Morgan fingerprint density at radius 1 is 1.22 bits per heavy atom. The van der Waals surface area contributed by atoms with Crippen LogP contribution in [0.1, 0.15) is 28.7 Å². The van der Waals surface area contributed by atoms with Crippen molar-refractivity contribution in [2.45, 2.75) is 19.9 Å². The van der Waals surface area contributed by atoms with E-state index < -0.39 is 0 Å². The lowest BCUT2D eigenvalue weighted by atomic mass is 10.1. The topological polar surface area (TPSA) is 45.8 Å². The van der Waals surface area contributed by atoms with Crippen LogP contribution in [0.3, 0.4) is 0 Å². The summed E-state index contributed by atoms with van der Waals surface area (Å²) in [7, 11) is 0. The second-order valence-corrected chi connectivity index (χ2v) is 3.98. The minimum Gasteiger partial charge on any atom is -0.341 e. The Balaban J connectivity index is 2.40. The monoisotopic (exact) mass is 238 g/mol. The molecule has 18 heavy (non-hydrogen) atoms. The molecule has 0 radical (unpaired) electrons. The van der Waals surface area contributed by atoms with E-state index >= 15 is 0 Å². The molecule has 0 bridgehead atoms. The summed E-state index contributed by atoms with van der Waals surface area (Å²) in [4.78, 5) is 12.3. The van der Waals surface area contributed by atoms with Gasteiger partial charge < -0.3 is 4.57 Å². The van der Waals surface area contributed by atoms with Crippen LogP contribution in [0.5, 0.6) is 0 Å². The van der Waals surface area contributed by atoms with Crippen molar-refractivity contribution in [3.05, 3.63) is 59.4 Å². The molecule has 3 heteroatoms. The van der Waals surface area contributed by atoms with Gasteiger partial charge in [-0.2, -0.15) is 5.26 Å². The van der Waals surface area contributed by atoms with E-state index in [4.69, 9.17) is 5.26 Å². The molecule has 0 aliphatic carbocycles. The predicted molar refractivity (Wildman–Crippen MR) is 69.3 cm³/mol. The largest absolute Gasteiger partial charge is 0.341 e. The van der Waals surface area contributed by atoms with E-state index in [9.17, 15) is 4.79 Å². The molecule has 3 nitrogen and oxygen atoms in total. The third-order valence-corrected chi connectivity index (χ3v) is 2.92. The first-order chi connectivity index (χ1) is 8.77. The molecule has 90 valence electrons. The van der Waals surface area contributed by atoms with Gasteiger partial charge >= 0.3 is 0 Å². The average molecular weight is 238 g/mol. The van der Waals surface area contributed by atoms with E-state index in [1.165, 1.54) is 0 Å². The summed E-state index contributed by atoms with van der Waals surface area (Å²) in [5.74, 6) is 0.00152. The van der Waals surface area contributed by atoms with Crippen molar-refractivity contribution in [3.8, 4) is 6.07 Å². The fraction of sp³-hybridized carbons (Fsp3) is 0.200. The zero-order chi connectivity index (χ0) is 13.0. The first-order valence-electron chi connectivity index (χ1n) is 5.93. The fourth-order valence-corrected chi connectivity index (χ4v) is 2.05. The number of rotatable bonds is 4. The third kappa shape index (κ3) is 2.18. The van der Waals surface area contributed by atoms with Gasteiger partial charge in [-0.15, -0.1) is 0 Å². The van der Waals surface area contributed by atoms with Gasteiger partial charge in [0.15, 0.2) is 0 Å². The minimum absolute atomic E-state index is 0.00152. The molecule has 1 aromatic carbocycles. The molecule has 0 fully saturated rings. The molecule has 0 N–H and O–H groups in total. The van der Waals surface area contributed by atoms with Crippen molar-refractivity contribution in [1.82, 2.24) is 4.57 Å². The summed E-state index contributed by atoms with van der Waals surface area (Å²) in [6.07, 6.45) is 0.329. The van der Waals surface area contributed by atoms with Crippen LogP contribution in [0.2, 0.25) is 0 Å². The van der Waals surface area contributed by atoms with E-state index in [-0.39, 0.29) is 5.78 Å². The first-order valence-corrected chi connectivity index (χ1v) is 5.93. The van der Waals surface area contributed by atoms with Crippen LogP contribution in [-0.4, -0.2) is 10.4 Å². The van der Waals surface area contributed by atoms with Crippen molar-refractivity contribution in [2.75, 3.05) is 0 Å². The van der Waals surface area contributed by atoms with Crippen LogP contribution in [0, 0.1) is 11.3 Å². The van der Waals surface area contributed by atoms with E-state index in [1.54, 1.807) is 18.2 Å². The number of carbonyl (C=O) groups is 1. The van der Waals surface area contributed by atoms with Gasteiger partial charge in [0.2, 0.25) is 5.78 Å². The normalized spacial score (nSPS) is 10.0. The van der Waals surface area contributed by atoms with Gasteiger partial charge in [0, 0.05) is 17.8 Å². The number of benzene rings is 1. The van der Waals surface area contributed by atoms with E-state index in [1.807, 2.05) is 35.8 Å². The van der Waals surface area contributed by atoms with Crippen LogP contribution in [0.15, 0.2) is 42.5 Å². The van der Waals surface area contributed by atoms with E-state index in [2.05, 4.69) is 6.07 Å². The molecule has 1 heterocycles. The lowest BCUT2D eigenvalue weighted by molar-refractivity contribution is 0.103. The van der Waals surface area contributed by atoms with Crippen LogP contribution in [0.25, 0.3) is 0 Å². The number of ketones is 1. The molecule has 0 saturated heterocycles. The Morgan fingerprint density at radius 2 is 1.94 bits per heavy atom. The van der Waals surface area contributed by atoms with Gasteiger partial charge in [0.25, 0.3) is 0 Å². The number of hydrogen-bond donors (Lipinski definition) is 0. The smallest absolute Gasteiger partial charge is 0.209 e. The van der Waals surface area contributed by atoms with E-state index in [0.29, 0.717) is 24.2 Å². The predicted octanol–water partition coefficient (Wildman–Crippen LogP) is 2.81. The molecule has 0 amide bonds. The van der Waals surface area contributed by atoms with Crippen molar-refractivity contribution in [1.29, 1.82) is 5.26 Å². The standard InChI is InChI=1S/C15H14N2O/c1-2-17-13(10-11-16)8-9-14(17)15(18)12-6-4-3-5-7-12/h3-9H,2,10H2,1H3. The molecule has 1 aromatic heterocycles. The molecule has 0 spiro atoms. The molecule has 0 atom stereocenters. The van der Waals surface area contributed by atoms with Crippen molar-refractivity contribution in [2.24, 2.45) is 0 Å². The Hall–Kier alpha value is -2.34. The average Bonchev–Trinajstić information content (AvgIpc) is 2.82. The highest BCUT2D eigenvalue weighted by molar-refractivity contribution is 6.08. The summed E-state index contributed by atoms with van der Waals surface area (Å²) >= 11 is 0. The lowest BCUT2D eigenvalue weighted by Crippen LogP contribution is -2.11. The summed E-state index contributed by atoms with van der Waals surface area (Å²) in [6, 6.07) is 15.0. The van der Waals surface area contributed by atoms with Crippen LogP contribution < -0.4 is 0 Å². The zero-order valence-electron chi connectivity index (χ0n) is 10.3. The fourth-order valence-electron chi connectivity index (χ4n) is 2.05. The summed E-state index contributed by atoms with van der Waals surface area (Å²) in [6.45, 7) is 2.67. The second kappa shape index (κ2) is 5.33. The SMILES string of the molecule is CCn1c(CC#N)ccc1C(=O)c1ccccc1. The molecular weight excluding hydrogens is 224 g/mol. The Labute approximate surface area is 106 Å². The first kappa shape index (κ1) is 12.1. The third-order valence-electron chi connectivity index (χ3n) is 2.92. The maximum absolute atomic E-state index is 12.3. The molecule has 0 aliphatic heterocycles. The highest BCUT2D eigenvalue weighted by Gasteiger charge is 2.15. The Morgan fingerprint density at radius 3 is 2.56 bits per heavy atom. The van der Waals surface area contributed by atoms with Gasteiger partial charge in [0.05, 0.1) is 18.2 Å². The van der Waals surface area contributed by atoms with Gasteiger partial charge in [0.1, 0.15) is 0 Å². The van der Waals surface area contributed by atoms with E-state index in [0.717, 1.165) is 5.69 Å². The highest BCUT2D eigenvalue weighted by atomic mass is 16.1. The van der Waals surface area contributed by atoms with Crippen LogP contribution >= 0.6 is 0 Å². The van der Waals surface area contributed by atoms with Crippen molar-refractivity contribution in [3.63, 3.8) is 0 Å². The van der Waals surface area contributed by atoms with Crippen LogP contribution in [0.4, 0.5) is 0 Å². The van der Waals surface area contributed by atoms with Gasteiger partial charge in [-0.3, -0.25) is 4.79 Å². The van der Waals surface area contributed by atoms with Gasteiger partial charge in [-0.25, -0.2) is 0 Å². The Kier molecular flexibility index (Phi) is 3.59. The summed E-state index contributed by atoms with van der Waals surface area (Å²) in [5.41, 5.74) is 2.21. The molecule has 0 unspecified atom stereocenters. The van der Waals surface area contributed by atoms with Gasteiger partial charge in [-0.05, 0) is 19.1 Å². The van der Waals surface area contributed by atoms with Crippen LogP contribution in [-0.2, 0) is 13.0 Å². The maximum atomic E-state index is 12.3. The quantitative estimate of drug-likeness (QED) is 0.769. The number of nitrogens with zero attached hydrogens (tertiary/aromatic N) is 2. The van der Waals surface area contributed by atoms with Crippen molar-refractivity contribution >= 4 is 5.78 Å². The lowest BCUT2D eigenvalue weighted by Gasteiger charge is -2.08. The molecule has 0 saturated carbocycles. The molecule has 2 rings (SSSR count). The number of hydrogen-bond acceptors (Lipinski definition) is 2. The number of carbonyl (C=O) groups excluding carboxylic acids is 1.